The Hall–Kier alpha value is -0.610. The number of ether oxygens (including phenoxy) is 1. The van der Waals surface area contributed by atoms with E-state index in [1.165, 1.54) is 7.11 Å². The zero-order valence-corrected chi connectivity index (χ0v) is 12.2. The van der Waals surface area contributed by atoms with Crippen molar-refractivity contribution in [1.82, 2.24) is 10.2 Å². The summed E-state index contributed by atoms with van der Waals surface area (Å²) in [6.07, 6.45) is 1.08. The molecule has 1 N–H and O–H groups in total. The van der Waals surface area contributed by atoms with E-state index in [0.29, 0.717) is 12.6 Å². The van der Waals surface area contributed by atoms with Gasteiger partial charge in [-0.05, 0) is 33.4 Å². The van der Waals surface area contributed by atoms with Crippen LogP contribution in [0.3, 0.4) is 0 Å². The van der Waals surface area contributed by atoms with Crippen LogP contribution in [0.2, 0.25) is 0 Å². The largest absolute Gasteiger partial charge is 0.468 e. The van der Waals surface area contributed by atoms with Gasteiger partial charge in [-0.2, -0.15) is 0 Å². The van der Waals surface area contributed by atoms with Crippen LogP contribution in [-0.2, 0) is 9.53 Å². The second-order valence-corrected chi connectivity index (χ2v) is 4.67. The van der Waals surface area contributed by atoms with Gasteiger partial charge in [0.25, 0.3) is 0 Å². The van der Waals surface area contributed by atoms with E-state index in [1.807, 2.05) is 13.8 Å². The number of likely N-dealkylation sites (N-methyl/N-ethyl adjacent to an activating group) is 2. The molecule has 0 aliphatic heterocycles. The van der Waals surface area contributed by atoms with Crippen molar-refractivity contribution in [2.75, 3.05) is 26.7 Å². The summed E-state index contributed by atoms with van der Waals surface area (Å²) in [6.45, 7) is 12.8. The molecule has 17 heavy (non-hydrogen) atoms. The molecule has 102 valence electrons. The Balaban J connectivity index is 4.77. The quantitative estimate of drug-likeness (QED) is 0.659. The molecule has 0 aliphatic rings. The lowest BCUT2D eigenvalue weighted by atomic mass is 10.0. The topological polar surface area (TPSA) is 41.6 Å². The van der Waals surface area contributed by atoms with Gasteiger partial charge in [0.1, 0.15) is 5.54 Å². The Bertz CT molecular complexity index is 233. The summed E-state index contributed by atoms with van der Waals surface area (Å²) in [5.74, 6) is -0.193. The van der Waals surface area contributed by atoms with E-state index in [2.05, 4.69) is 31.0 Å². The summed E-state index contributed by atoms with van der Waals surface area (Å²) in [7, 11) is 1.44. The zero-order valence-electron chi connectivity index (χ0n) is 12.2. The predicted octanol–water partition coefficient (Wildman–Crippen LogP) is 1.65. The molecule has 0 radical (unpaired) electrons. The van der Waals surface area contributed by atoms with Gasteiger partial charge in [0.15, 0.2) is 0 Å². The molecule has 0 amide bonds. The number of hydrogen-bond donors (Lipinski definition) is 1. The molecule has 0 aromatic carbocycles. The highest BCUT2D eigenvalue weighted by Crippen LogP contribution is 2.13. The van der Waals surface area contributed by atoms with E-state index in [1.54, 1.807) is 0 Å². The SMILES string of the molecule is CCNC(C)(CN(CC)C(C)CC)C(=O)OC. The van der Waals surface area contributed by atoms with Crippen LogP contribution >= 0.6 is 0 Å². The molecule has 0 aromatic rings. The Morgan fingerprint density at radius 3 is 2.35 bits per heavy atom. The van der Waals surface area contributed by atoms with Gasteiger partial charge in [-0.3, -0.25) is 9.69 Å². The van der Waals surface area contributed by atoms with Crippen molar-refractivity contribution in [2.45, 2.75) is 52.6 Å². The van der Waals surface area contributed by atoms with Crippen LogP contribution in [0.5, 0.6) is 0 Å². The van der Waals surface area contributed by atoms with Gasteiger partial charge in [-0.1, -0.05) is 20.8 Å². The lowest BCUT2D eigenvalue weighted by Crippen LogP contribution is -2.58. The molecule has 0 spiro atoms. The molecule has 4 heteroatoms. The van der Waals surface area contributed by atoms with Crippen LogP contribution in [0.1, 0.15) is 41.0 Å². The van der Waals surface area contributed by atoms with Gasteiger partial charge >= 0.3 is 5.97 Å². The maximum atomic E-state index is 11.9. The molecule has 0 saturated heterocycles. The molecule has 0 saturated carbocycles. The average molecular weight is 244 g/mol. The van der Waals surface area contributed by atoms with Gasteiger partial charge in [-0.15, -0.1) is 0 Å². The van der Waals surface area contributed by atoms with Crippen molar-refractivity contribution in [1.29, 1.82) is 0 Å². The fourth-order valence-corrected chi connectivity index (χ4v) is 2.05. The third-order valence-electron chi connectivity index (χ3n) is 3.34. The van der Waals surface area contributed by atoms with Crippen LogP contribution < -0.4 is 5.32 Å². The van der Waals surface area contributed by atoms with Crippen molar-refractivity contribution in [3.05, 3.63) is 0 Å². The van der Waals surface area contributed by atoms with E-state index < -0.39 is 5.54 Å². The molecule has 4 nitrogen and oxygen atoms in total. The minimum atomic E-state index is -0.622. The number of rotatable bonds is 8. The summed E-state index contributed by atoms with van der Waals surface area (Å²) >= 11 is 0. The molecule has 0 bridgehead atoms. The first kappa shape index (κ1) is 16.4. The Kier molecular flexibility index (Phi) is 7.39. The molecule has 0 heterocycles. The van der Waals surface area contributed by atoms with Gasteiger partial charge < -0.3 is 10.1 Å². The highest BCUT2D eigenvalue weighted by atomic mass is 16.5. The third-order valence-corrected chi connectivity index (χ3v) is 3.34. The van der Waals surface area contributed by atoms with Crippen LogP contribution in [-0.4, -0.2) is 49.2 Å². The van der Waals surface area contributed by atoms with E-state index in [0.717, 1.165) is 19.5 Å². The van der Waals surface area contributed by atoms with E-state index in [4.69, 9.17) is 4.74 Å². The lowest BCUT2D eigenvalue weighted by Gasteiger charge is -2.36. The molecular formula is C13H28N2O2. The fraction of sp³-hybridized carbons (Fsp3) is 0.923. The minimum Gasteiger partial charge on any atom is -0.468 e. The summed E-state index contributed by atoms with van der Waals surface area (Å²) in [6, 6.07) is 0.475. The molecule has 0 aliphatic carbocycles. The third kappa shape index (κ3) is 4.64. The fourth-order valence-electron chi connectivity index (χ4n) is 2.05. The molecule has 0 rings (SSSR count). The first-order chi connectivity index (χ1) is 7.95. The second-order valence-electron chi connectivity index (χ2n) is 4.67. The van der Waals surface area contributed by atoms with Crippen LogP contribution in [0.25, 0.3) is 0 Å². The maximum Gasteiger partial charge on any atom is 0.327 e. The second kappa shape index (κ2) is 7.67. The lowest BCUT2D eigenvalue weighted by molar-refractivity contribution is -0.149. The summed E-state index contributed by atoms with van der Waals surface area (Å²) in [5, 5.41) is 3.24. The highest BCUT2D eigenvalue weighted by Gasteiger charge is 2.35. The summed E-state index contributed by atoms with van der Waals surface area (Å²) in [4.78, 5) is 14.2. The number of methoxy groups -OCH3 is 1. The average Bonchev–Trinajstić information content (AvgIpc) is 2.34. The Morgan fingerprint density at radius 1 is 1.41 bits per heavy atom. The smallest absolute Gasteiger partial charge is 0.327 e. The van der Waals surface area contributed by atoms with E-state index in [9.17, 15) is 4.79 Å². The molecule has 2 atom stereocenters. The van der Waals surface area contributed by atoms with Crippen molar-refractivity contribution < 1.29 is 9.53 Å². The molecule has 2 unspecified atom stereocenters. The predicted molar refractivity (Wildman–Crippen MR) is 71.1 cm³/mol. The number of carbonyl (C=O) groups is 1. The summed E-state index contributed by atoms with van der Waals surface area (Å²) < 4.78 is 4.90. The van der Waals surface area contributed by atoms with Crippen LogP contribution in [0.4, 0.5) is 0 Å². The molecule has 0 aromatic heterocycles. The number of carbonyl (C=O) groups excluding carboxylic acids is 1. The number of nitrogens with one attached hydrogen (secondary N) is 1. The highest BCUT2D eigenvalue weighted by molar-refractivity contribution is 5.80. The minimum absolute atomic E-state index is 0.193. The first-order valence-electron chi connectivity index (χ1n) is 6.52. The van der Waals surface area contributed by atoms with Crippen molar-refractivity contribution in [2.24, 2.45) is 0 Å². The van der Waals surface area contributed by atoms with Crippen LogP contribution in [0.15, 0.2) is 0 Å². The molecular weight excluding hydrogens is 216 g/mol. The first-order valence-corrected chi connectivity index (χ1v) is 6.52. The number of hydrogen-bond acceptors (Lipinski definition) is 4. The van der Waals surface area contributed by atoms with Crippen LogP contribution in [0, 0.1) is 0 Å². The maximum absolute atomic E-state index is 11.9. The number of esters is 1. The van der Waals surface area contributed by atoms with E-state index >= 15 is 0 Å². The molecule has 0 fully saturated rings. The van der Waals surface area contributed by atoms with Gasteiger partial charge in [0, 0.05) is 12.6 Å². The normalized spacial score (nSPS) is 16.6. The van der Waals surface area contributed by atoms with Crippen molar-refractivity contribution in [3.8, 4) is 0 Å². The zero-order chi connectivity index (χ0) is 13.5. The van der Waals surface area contributed by atoms with Gasteiger partial charge in [0.2, 0.25) is 0 Å². The standard InChI is InChI=1S/C13H28N2O2/c1-7-11(4)15(9-3)10-13(5,14-8-2)12(16)17-6/h11,14H,7-10H2,1-6H3. The Morgan fingerprint density at radius 2 is 2.00 bits per heavy atom. The van der Waals surface area contributed by atoms with Gasteiger partial charge in [-0.25, -0.2) is 0 Å². The monoisotopic (exact) mass is 244 g/mol. The number of nitrogens with zero attached hydrogens (tertiary/aromatic N) is 1. The Labute approximate surface area is 106 Å². The van der Waals surface area contributed by atoms with E-state index in [-0.39, 0.29) is 5.97 Å². The summed E-state index contributed by atoms with van der Waals surface area (Å²) in [5.41, 5.74) is -0.622. The van der Waals surface area contributed by atoms with Crippen molar-refractivity contribution >= 4 is 5.97 Å². The van der Waals surface area contributed by atoms with Crippen molar-refractivity contribution in [3.63, 3.8) is 0 Å². The van der Waals surface area contributed by atoms with Gasteiger partial charge in [0.05, 0.1) is 7.11 Å².